The molecule has 22 heterocycles. The predicted octanol–water partition coefficient (Wildman–Crippen LogP) is 3.24. The Morgan fingerprint density at radius 2 is 0.526 bits per heavy atom. The van der Waals surface area contributed by atoms with E-state index in [9.17, 15) is 0 Å². The Kier molecular flexibility index (Phi) is 31.0. The minimum atomic E-state index is -2.80. The van der Waals surface area contributed by atoms with Crippen LogP contribution in [-0.2, 0) is 137 Å². The van der Waals surface area contributed by atoms with Crippen molar-refractivity contribution in [3.8, 4) is 0 Å². The van der Waals surface area contributed by atoms with Gasteiger partial charge in [0.1, 0.15) is 140 Å². The van der Waals surface area contributed by atoms with E-state index in [4.69, 9.17) is 137 Å². The third-order valence-electron chi connectivity index (χ3n) is 19.3. The molecule has 12 bridgehead atoms. The zero-order valence-corrected chi connectivity index (χ0v) is 61.0. The monoisotopic (exact) mass is 1400 g/mol. The summed E-state index contributed by atoms with van der Waals surface area (Å²) in [4.78, 5) is 0.978. The van der Waals surface area contributed by atoms with Crippen molar-refractivity contribution in [3.63, 3.8) is 0 Å². The molecule has 31 heteroatoms. The van der Waals surface area contributed by atoms with E-state index in [0.29, 0.717) is 5.75 Å². The molecule has 0 N–H and O–H groups in total. The lowest BCUT2D eigenvalue weighted by Crippen LogP contribution is -2.70. The van der Waals surface area contributed by atoms with Gasteiger partial charge in [0, 0.05) is 124 Å². The van der Waals surface area contributed by atoms with Crippen LogP contribution in [0.3, 0.4) is 0 Å². The van der Waals surface area contributed by atoms with Crippen molar-refractivity contribution in [1.29, 1.82) is 0 Å². The molecule has 0 spiro atoms. The van der Waals surface area contributed by atoms with E-state index in [-0.39, 0.29) is 38.1 Å². The summed E-state index contributed by atoms with van der Waals surface area (Å²) in [7, 11) is 21.9. The molecule has 22 aliphatic heterocycles. The minimum absolute atomic E-state index is 0.00593. The first-order valence-electron chi connectivity index (χ1n) is 32.3. The van der Waals surface area contributed by atoms with Gasteiger partial charge in [-0.1, -0.05) is 39.0 Å². The van der Waals surface area contributed by atoms with Crippen LogP contribution in [0.4, 0.5) is 0 Å². The molecule has 1 aromatic carbocycles. The number of ether oxygens (including phenoxy) is 28. The number of rotatable bonds is 26. The molecular formula is C64H110O29SSi. The van der Waals surface area contributed by atoms with Crippen LogP contribution in [0.5, 0.6) is 0 Å². The molecule has 1 aromatic rings. The highest BCUT2D eigenvalue weighted by atomic mass is 32.2. The second kappa shape index (κ2) is 37.2. The fourth-order valence-electron chi connectivity index (χ4n) is 13.6. The van der Waals surface area contributed by atoms with Crippen LogP contribution in [0.15, 0.2) is 35.2 Å². The van der Waals surface area contributed by atoms with Gasteiger partial charge in [-0.3, -0.25) is 0 Å². The van der Waals surface area contributed by atoms with Crippen LogP contribution in [0.1, 0.15) is 20.8 Å². The largest absolute Gasteiger partial charge is 0.408 e. The third-order valence-corrected chi connectivity index (χ3v) is 24.9. The predicted molar refractivity (Wildman–Crippen MR) is 339 cm³/mol. The Balaban J connectivity index is 1.29. The summed E-state index contributed by atoms with van der Waals surface area (Å²) in [5.41, 5.74) is 0. The van der Waals surface area contributed by atoms with Crippen molar-refractivity contribution in [2.45, 2.75) is 228 Å². The van der Waals surface area contributed by atoms with Gasteiger partial charge >= 0.3 is 0 Å². The molecular weight excluding hydrogens is 1290 g/mol. The number of benzene rings is 1. The van der Waals surface area contributed by atoms with E-state index in [1.807, 2.05) is 30.3 Å². The zero-order valence-electron chi connectivity index (χ0n) is 59.2. The Morgan fingerprint density at radius 3 is 0.747 bits per heavy atom. The van der Waals surface area contributed by atoms with Crippen LogP contribution in [0, 0.1) is 0 Å². The molecule has 0 radical (unpaired) electrons. The zero-order chi connectivity index (χ0) is 68.9. The van der Waals surface area contributed by atoms with E-state index in [1.165, 1.54) is 49.8 Å². The summed E-state index contributed by atoms with van der Waals surface area (Å²) in [6.07, 6.45) is -29.8. The summed E-state index contributed by atoms with van der Waals surface area (Å²) in [5.74, 6) is 0.327. The summed E-state index contributed by atoms with van der Waals surface area (Å²) < 4.78 is 192. The second-order valence-corrected chi connectivity index (χ2v) is 31.7. The quantitative estimate of drug-likeness (QED) is 0.0952. The first-order valence-corrected chi connectivity index (χ1v) is 36.2. The van der Waals surface area contributed by atoms with Crippen molar-refractivity contribution in [2.75, 3.05) is 153 Å². The number of hydrogen-bond acceptors (Lipinski definition) is 30. The van der Waals surface area contributed by atoms with Crippen molar-refractivity contribution in [1.82, 2.24) is 0 Å². The van der Waals surface area contributed by atoms with Gasteiger partial charge in [0.2, 0.25) is 0 Å². The van der Waals surface area contributed by atoms with E-state index in [1.54, 1.807) is 75.8 Å². The first-order chi connectivity index (χ1) is 45.8. The van der Waals surface area contributed by atoms with Gasteiger partial charge < -0.3 is 137 Å². The van der Waals surface area contributed by atoms with Crippen molar-refractivity contribution in [3.05, 3.63) is 30.3 Å². The minimum Gasteiger partial charge on any atom is -0.408 e. The fraction of sp³-hybridized carbons (Fsp3) is 0.906. The lowest BCUT2D eigenvalue weighted by Gasteiger charge is -2.54. The highest BCUT2D eigenvalue weighted by molar-refractivity contribution is 7.99. The smallest absolute Gasteiger partial charge is 0.192 e. The van der Waals surface area contributed by atoms with Gasteiger partial charge in [-0.25, -0.2) is 0 Å². The van der Waals surface area contributed by atoms with Crippen LogP contribution in [0.25, 0.3) is 0 Å². The average molecular weight is 1400 g/mol. The van der Waals surface area contributed by atoms with Gasteiger partial charge in [0.15, 0.2) is 46.1 Å². The van der Waals surface area contributed by atoms with Crippen LogP contribution in [0.2, 0.25) is 18.1 Å². The maximum Gasteiger partial charge on any atom is 0.192 e. The molecule has 22 aliphatic rings. The molecule has 0 aromatic heterocycles. The maximum atomic E-state index is 7.61. The molecule has 22 saturated heterocycles. The standard InChI is InChI=1S/C64H110O29SSi/c1-64(2,3)95(20,21)93-51-45-39(32-94-33-25-23-22-24-26-33)86-63(57(51)80-19)91-44-38(31-69-8)84-61(55(78-17)50(44)74-13)89-42-36(29-67-6)82-59(53(76-15)48(42)72-11)87-40-34(27-65-4)81-58(52(75-14)46(40)70-9)88-41-35(28-66-5)83-60(54(77-16)47(41)71-10)90-43-37(30-68-7)85-62(92-45)56(79-18)49(43)73-12/h22-26,34-63H,27-32H2,1-21H3/t34-,35-,36-,37-,38-,39-,40-,41-,42-,43-,44-,45-,46+,47+,48+,49+,50+,51+,52-,53-,54-,55-,56-,57-,58-,59-,60-,61-,62-,63-/m1/s1. The van der Waals surface area contributed by atoms with E-state index in [2.05, 4.69) is 33.9 Å². The van der Waals surface area contributed by atoms with E-state index in [0.717, 1.165) is 4.90 Å². The molecule has 22 fully saturated rings. The summed E-state index contributed by atoms with van der Waals surface area (Å²) >= 11 is 1.57. The molecule has 0 aliphatic carbocycles. The maximum absolute atomic E-state index is 7.61. The highest BCUT2D eigenvalue weighted by Gasteiger charge is 2.62. The SMILES string of the molecule is COC[C@H]1O[C@@H]2O[C@H]3[C@H](OC)[C@@H](OC)[C@@H](O[C@H]4[C@H](OC)[C@@H](OC)[C@@H](O[C@H]5[C@H](O[Si](C)(C)C(C)(C)C)[C@@H](OC)[C@@H](O[C@H]6[C@H](OC)[C@@H](OC)[C@@H](O[C@H]7[C@H](OC)[C@@H](OC)[C@@H](O[C@H]1[C@H](OC)[C@H]2OC)O[C@@H]7COC)O[C@@H]6COC)O[C@@H]5CSc1ccccc1)O[C@@H]4COC)O[C@@H]3COC. The molecule has 95 heavy (non-hydrogen) atoms. The Bertz CT molecular complexity index is 2330. The summed E-state index contributed by atoms with van der Waals surface area (Å²) in [5, 5.41) is -0.315. The Morgan fingerprint density at radius 1 is 0.305 bits per heavy atom. The number of thioether (sulfide) groups is 1. The van der Waals surface area contributed by atoms with Gasteiger partial charge in [-0.2, -0.15) is 0 Å². The molecule has 0 saturated carbocycles. The molecule has 30 atom stereocenters. The highest BCUT2D eigenvalue weighted by Crippen LogP contribution is 2.45. The normalized spacial score (nSPS) is 42.5. The number of methoxy groups -OCH3 is 16. The molecule has 0 amide bonds. The summed E-state index contributed by atoms with van der Waals surface area (Å²) in [6.45, 7) is 10.8. The van der Waals surface area contributed by atoms with Crippen molar-refractivity contribution < 1.29 is 137 Å². The fourth-order valence-corrected chi connectivity index (χ4v) is 15.9. The average Bonchev–Trinajstić information content (AvgIpc) is 0.772. The lowest BCUT2D eigenvalue weighted by molar-refractivity contribution is -0.408. The topological polar surface area (TPSA) is 268 Å². The molecule has 29 nitrogen and oxygen atoms in total. The van der Waals surface area contributed by atoms with Gasteiger partial charge in [-0.05, 0) is 30.3 Å². The number of hydrogen-bond donors (Lipinski definition) is 0. The molecule has 23 rings (SSSR count). The van der Waals surface area contributed by atoms with Crippen LogP contribution < -0.4 is 0 Å². The molecule has 0 unspecified atom stereocenters. The first kappa shape index (κ1) is 79.3. The van der Waals surface area contributed by atoms with Gasteiger partial charge in [0.05, 0.1) is 39.1 Å². The lowest BCUT2D eigenvalue weighted by atomic mass is 9.94. The molecule has 550 valence electrons. The van der Waals surface area contributed by atoms with Gasteiger partial charge in [0.25, 0.3) is 0 Å². The van der Waals surface area contributed by atoms with Crippen LogP contribution >= 0.6 is 11.8 Å². The van der Waals surface area contributed by atoms with Crippen molar-refractivity contribution >= 4 is 20.1 Å². The van der Waals surface area contributed by atoms with Crippen LogP contribution in [-0.4, -0.2) is 345 Å². The van der Waals surface area contributed by atoms with Crippen molar-refractivity contribution in [2.24, 2.45) is 0 Å². The second-order valence-electron chi connectivity index (χ2n) is 25.8. The van der Waals surface area contributed by atoms with E-state index < -0.39 is 193 Å². The third kappa shape index (κ3) is 17.8. The Hall–Kier alpha value is -1.37. The van der Waals surface area contributed by atoms with E-state index >= 15 is 0 Å². The Labute approximate surface area is 565 Å². The van der Waals surface area contributed by atoms with Gasteiger partial charge in [-0.15, -0.1) is 11.8 Å². The summed E-state index contributed by atoms with van der Waals surface area (Å²) in [6, 6.07) is 9.98.